The molecule has 3 amide bonds. The number of hydrogen-bond acceptors (Lipinski definition) is 4. The van der Waals surface area contributed by atoms with E-state index in [4.69, 9.17) is 0 Å². The molecule has 0 spiro atoms. The molecule has 0 aliphatic carbocycles. The second-order valence-corrected chi connectivity index (χ2v) is 8.25. The van der Waals surface area contributed by atoms with E-state index in [9.17, 15) is 14.4 Å². The molecule has 3 aromatic rings. The van der Waals surface area contributed by atoms with Gasteiger partial charge in [-0.1, -0.05) is 62.4 Å². The van der Waals surface area contributed by atoms with Crippen LogP contribution in [0.2, 0.25) is 0 Å². The molecule has 0 saturated carbocycles. The smallest absolute Gasteiger partial charge is 0.240 e. The van der Waals surface area contributed by atoms with E-state index in [0.29, 0.717) is 24.0 Å². The maximum atomic E-state index is 13.1. The highest BCUT2D eigenvalue weighted by atomic mass is 16.2. The van der Waals surface area contributed by atoms with Crippen molar-refractivity contribution in [3.05, 3.63) is 90.1 Å². The van der Waals surface area contributed by atoms with E-state index in [1.807, 2.05) is 54.6 Å². The van der Waals surface area contributed by atoms with Crippen molar-refractivity contribution < 1.29 is 14.4 Å². The Morgan fingerprint density at radius 1 is 0.853 bits per heavy atom. The van der Waals surface area contributed by atoms with Gasteiger partial charge >= 0.3 is 0 Å². The van der Waals surface area contributed by atoms with Crippen molar-refractivity contribution in [3.8, 4) is 0 Å². The summed E-state index contributed by atoms with van der Waals surface area (Å²) < 4.78 is 0. The van der Waals surface area contributed by atoms with Gasteiger partial charge in [0.15, 0.2) is 0 Å². The van der Waals surface area contributed by atoms with Crippen molar-refractivity contribution >= 4 is 29.2 Å². The van der Waals surface area contributed by atoms with Crippen LogP contribution >= 0.6 is 0 Å². The van der Waals surface area contributed by atoms with Gasteiger partial charge in [0, 0.05) is 31.3 Å². The highest BCUT2D eigenvalue weighted by Gasteiger charge is 2.20. The summed E-state index contributed by atoms with van der Waals surface area (Å²) in [6.45, 7) is 4.43. The van der Waals surface area contributed by atoms with Gasteiger partial charge in [-0.15, -0.1) is 0 Å². The molecule has 0 bridgehead atoms. The summed E-state index contributed by atoms with van der Waals surface area (Å²) in [5.41, 5.74) is 2.73. The molecule has 2 aromatic carbocycles. The monoisotopic (exact) mass is 458 g/mol. The number of nitrogens with zero attached hydrogens (tertiary/aromatic N) is 2. The van der Waals surface area contributed by atoms with Crippen LogP contribution in [0.3, 0.4) is 0 Å². The van der Waals surface area contributed by atoms with Crippen molar-refractivity contribution in [1.29, 1.82) is 0 Å². The second kappa shape index (κ2) is 12.3. The molecule has 7 heteroatoms. The van der Waals surface area contributed by atoms with Crippen molar-refractivity contribution in [3.63, 3.8) is 0 Å². The Morgan fingerprint density at radius 2 is 1.56 bits per heavy atom. The lowest BCUT2D eigenvalue weighted by Gasteiger charge is -2.23. The Bertz CT molecular complexity index is 1080. The minimum absolute atomic E-state index is 0.0123. The fourth-order valence-electron chi connectivity index (χ4n) is 3.36. The topological polar surface area (TPSA) is 91.4 Å². The number of rotatable bonds is 10. The van der Waals surface area contributed by atoms with Crippen molar-refractivity contribution in [2.24, 2.45) is 0 Å². The predicted octanol–water partition coefficient (Wildman–Crippen LogP) is 4.27. The lowest BCUT2D eigenvalue weighted by atomic mass is 10.0. The van der Waals surface area contributed by atoms with Gasteiger partial charge in [0.2, 0.25) is 17.7 Å². The summed E-state index contributed by atoms with van der Waals surface area (Å²) in [4.78, 5) is 43.5. The number of carbonyl (C=O) groups is 3. The Labute approximate surface area is 200 Å². The fraction of sp³-hybridized carbons (Fsp3) is 0.259. The summed E-state index contributed by atoms with van der Waals surface area (Å²) >= 11 is 0. The number of carbonyl (C=O) groups excluding carboxylic acids is 3. The van der Waals surface area contributed by atoms with Crippen LogP contribution in [-0.2, 0) is 20.9 Å². The first-order chi connectivity index (χ1) is 16.4. The quantitative estimate of drug-likeness (QED) is 0.475. The molecule has 0 unspecified atom stereocenters. The van der Waals surface area contributed by atoms with Gasteiger partial charge in [-0.25, -0.2) is 4.98 Å². The third-order valence-corrected chi connectivity index (χ3v) is 5.31. The maximum Gasteiger partial charge on any atom is 0.240 e. The molecule has 0 aliphatic heterocycles. The van der Waals surface area contributed by atoms with Gasteiger partial charge in [-0.2, -0.15) is 0 Å². The van der Waals surface area contributed by atoms with E-state index in [-0.39, 0.29) is 37.1 Å². The molecule has 34 heavy (non-hydrogen) atoms. The van der Waals surface area contributed by atoms with Gasteiger partial charge < -0.3 is 15.5 Å². The molecule has 0 saturated heterocycles. The minimum atomic E-state index is -0.310. The Kier molecular flexibility index (Phi) is 8.91. The minimum Gasteiger partial charge on any atom is -0.350 e. The summed E-state index contributed by atoms with van der Waals surface area (Å²) in [5.74, 6) is -0.105. The van der Waals surface area contributed by atoms with E-state index in [1.165, 1.54) is 4.90 Å². The largest absolute Gasteiger partial charge is 0.350 e. The van der Waals surface area contributed by atoms with E-state index >= 15 is 0 Å². The number of amides is 3. The maximum absolute atomic E-state index is 13.1. The molecule has 0 aliphatic rings. The van der Waals surface area contributed by atoms with Crippen LogP contribution in [-0.4, -0.2) is 29.3 Å². The SMILES string of the molecule is CC(C)c1ccc(N(CC(=O)NCc2ccccc2)C(=O)CCC(=O)Nc2ccccn2)cc1. The third kappa shape index (κ3) is 7.55. The van der Waals surface area contributed by atoms with E-state index < -0.39 is 0 Å². The lowest BCUT2D eigenvalue weighted by Crippen LogP contribution is -2.41. The van der Waals surface area contributed by atoms with Gasteiger partial charge in [-0.3, -0.25) is 14.4 Å². The zero-order valence-corrected chi connectivity index (χ0v) is 19.5. The van der Waals surface area contributed by atoms with Crippen LogP contribution in [0.5, 0.6) is 0 Å². The third-order valence-electron chi connectivity index (χ3n) is 5.31. The van der Waals surface area contributed by atoms with Crippen LogP contribution in [0, 0.1) is 0 Å². The molecule has 0 atom stereocenters. The van der Waals surface area contributed by atoms with Gasteiger partial charge in [0.05, 0.1) is 0 Å². The van der Waals surface area contributed by atoms with Crippen LogP contribution in [0.1, 0.15) is 43.7 Å². The van der Waals surface area contributed by atoms with E-state index in [1.54, 1.807) is 24.4 Å². The van der Waals surface area contributed by atoms with Crippen LogP contribution in [0.25, 0.3) is 0 Å². The Balaban J connectivity index is 1.65. The lowest BCUT2D eigenvalue weighted by molar-refractivity contribution is -0.125. The molecular weight excluding hydrogens is 428 g/mol. The first kappa shape index (κ1) is 24.6. The summed E-state index contributed by atoms with van der Waals surface area (Å²) in [6, 6.07) is 22.4. The number of anilines is 2. The molecule has 1 aromatic heterocycles. The summed E-state index contributed by atoms with van der Waals surface area (Å²) in [5, 5.41) is 5.54. The van der Waals surface area contributed by atoms with Crippen molar-refractivity contribution in [2.75, 3.05) is 16.8 Å². The highest BCUT2D eigenvalue weighted by Crippen LogP contribution is 2.21. The average molecular weight is 459 g/mol. The first-order valence-corrected chi connectivity index (χ1v) is 11.3. The molecular formula is C27H30N4O3. The van der Waals surface area contributed by atoms with E-state index in [0.717, 1.165) is 11.1 Å². The highest BCUT2D eigenvalue weighted by molar-refractivity contribution is 6.01. The molecule has 0 fully saturated rings. The molecule has 0 radical (unpaired) electrons. The van der Waals surface area contributed by atoms with Crippen LogP contribution in [0.15, 0.2) is 79.0 Å². The zero-order chi connectivity index (χ0) is 24.3. The standard InChI is InChI=1S/C27H30N4O3/c1-20(2)22-11-13-23(14-12-22)31(19-26(33)29-18-21-8-4-3-5-9-21)27(34)16-15-25(32)30-24-10-6-7-17-28-24/h3-14,17,20H,15-16,18-19H2,1-2H3,(H,29,33)(H,28,30,32). The number of aromatic nitrogens is 1. The van der Waals surface area contributed by atoms with Gasteiger partial charge in [-0.05, 0) is 41.3 Å². The first-order valence-electron chi connectivity index (χ1n) is 11.3. The normalized spacial score (nSPS) is 10.6. The van der Waals surface area contributed by atoms with Crippen LogP contribution < -0.4 is 15.5 Å². The number of benzene rings is 2. The number of hydrogen-bond donors (Lipinski definition) is 2. The summed E-state index contributed by atoms with van der Waals surface area (Å²) in [6.07, 6.45) is 1.54. The fourth-order valence-corrected chi connectivity index (χ4v) is 3.36. The van der Waals surface area contributed by atoms with Crippen molar-refractivity contribution in [1.82, 2.24) is 10.3 Å². The Morgan fingerprint density at radius 3 is 2.21 bits per heavy atom. The molecule has 3 rings (SSSR count). The molecule has 2 N–H and O–H groups in total. The Hall–Kier alpha value is -4.00. The number of nitrogens with one attached hydrogen (secondary N) is 2. The van der Waals surface area contributed by atoms with Crippen molar-refractivity contribution in [2.45, 2.75) is 39.2 Å². The molecule has 7 nitrogen and oxygen atoms in total. The zero-order valence-electron chi connectivity index (χ0n) is 19.5. The second-order valence-electron chi connectivity index (χ2n) is 8.25. The van der Waals surface area contributed by atoms with Gasteiger partial charge in [0.25, 0.3) is 0 Å². The average Bonchev–Trinajstić information content (AvgIpc) is 2.86. The molecule has 1 heterocycles. The van der Waals surface area contributed by atoms with E-state index in [2.05, 4.69) is 29.5 Å². The number of pyridine rings is 1. The van der Waals surface area contributed by atoms with Crippen LogP contribution in [0.4, 0.5) is 11.5 Å². The summed E-state index contributed by atoms with van der Waals surface area (Å²) in [7, 11) is 0. The molecule has 176 valence electrons. The van der Waals surface area contributed by atoms with Gasteiger partial charge in [0.1, 0.15) is 12.4 Å². The predicted molar refractivity (Wildman–Crippen MR) is 133 cm³/mol.